The second-order valence-electron chi connectivity index (χ2n) is 8.35. The van der Waals surface area contributed by atoms with Crippen molar-refractivity contribution >= 4 is 11.6 Å². The largest absolute Gasteiger partial charge is 0.417 e. The number of hydrogen-bond acceptors (Lipinski definition) is 5. The van der Waals surface area contributed by atoms with Gasteiger partial charge in [0, 0.05) is 51.8 Å². The van der Waals surface area contributed by atoms with Crippen LogP contribution in [0.1, 0.15) is 30.9 Å². The van der Waals surface area contributed by atoms with E-state index in [9.17, 15) is 18.0 Å². The number of alkyl halides is 3. The number of carbonyl (C=O) groups is 1. The summed E-state index contributed by atoms with van der Waals surface area (Å²) in [5.74, 6) is 0.169. The lowest BCUT2D eigenvalue weighted by Crippen LogP contribution is -2.46. The van der Waals surface area contributed by atoms with Gasteiger partial charge in [-0.1, -0.05) is 0 Å². The minimum absolute atomic E-state index is 0.0412. The van der Waals surface area contributed by atoms with E-state index in [2.05, 4.69) is 0 Å². The van der Waals surface area contributed by atoms with Gasteiger partial charge in [-0.25, -0.2) is 0 Å². The van der Waals surface area contributed by atoms with Gasteiger partial charge in [-0.05, 0) is 36.5 Å². The van der Waals surface area contributed by atoms with Crippen LogP contribution in [0.25, 0.3) is 0 Å². The molecule has 6 nitrogen and oxygen atoms in total. The minimum Gasteiger partial charge on any atom is -0.382 e. The molecule has 0 aliphatic carbocycles. The Labute approximate surface area is 180 Å². The molecule has 2 fully saturated rings. The van der Waals surface area contributed by atoms with Crippen molar-refractivity contribution in [2.45, 2.75) is 25.9 Å². The van der Waals surface area contributed by atoms with Gasteiger partial charge >= 0.3 is 6.18 Å². The highest BCUT2D eigenvalue weighted by Crippen LogP contribution is 2.47. The van der Waals surface area contributed by atoms with Crippen LogP contribution in [0.5, 0.6) is 0 Å². The first kappa shape index (κ1) is 23.4. The fourth-order valence-electron chi connectivity index (χ4n) is 4.72. The molecule has 1 aromatic carbocycles. The molecule has 0 aromatic heterocycles. The van der Waals surface area contributed by atoms with E-state index < -0.39 is 11.7 Å². The maximum absolute atomic E-state index is 13.4. The highest BCUT2D eigenvalue weighted by atomic mass is 19.4. The molecule has 0 saturated carbocycles. The average molecular weight is 439 g/mol. The summed E-state index contributed by atoms with van der Waals surface area (Å²) >= 11 is 0. The van der Waals surface area contributed by atoms with E-state index in [0.29, 0.717) is 51.7 Å². The molecule has 1 aromatic rings. The standard InChI is InChI=1S/C22H28F3N3O3/c1-16(29)27-7-5-21(6-8-27)15-28(13-18(21)14-31-10-9-30-2)19-4-3-17(12-26)20(11-19)22(23,24)25/h3-4,11,18H,5-10,13-15H2,1-2H3. The smallest absolute Gasteiger partial charge is 0.382 e. The quantitative estimate of drug-likeness (QED) is 0.637. The lowest BCUT2D eigenvalue weighted by Gasteiger charge is -2.42. The number of anilines is 1. The van der Waals surface area contributed by atoms with Crippen molar-refractivity contribution in [2.75, 3.05) is 58.0 Å². The zero-order valence-electron chi connectivity index (χ0n) is 17.9. The van der Waals surface area contributed by atoms with Gasteiger partial charge in [-0.3, -0.25) is 4.79 Å². The SMILES string of the molecule is COCCOCC1CN(c2ccc(C#N)c(C(F)(F)F)c2)CC12CCN(C(C)=O)CC2. The molecule has 0 radical (unpaired) electrons. The first-order valence-electron chi connectivity index (χ1n) is 10.4. The highest BCUT2D eigenvalue weighted by Gasteiger charge is 2.48. The van der Waals surface area contributed by atoms with Crippen molar-refractivity contribution in [2.24, 2.45) is 11.3 Å². The maximum Gasteiger partial charge on any atom is 0.417 e. The number of hydrogen-bond donors (Lipinski definition) is 0. The van der Waals surface area contributed by atoms with Gasteiger partial charge in [-0.2, -0.15) is 18.4 Å². The van der Waals surface area contributed by atoms with Crippen molar-refractivity contribution in [3.05, 3.63) is 29.3 Å². The summed E-state index contributed by atoms with van der Waals surface area (Å²) in [5.41, 5.74) is -0.961. The minimum atomic E-state index is -4.59. The monoisotopic (exact) mass is 439 g/mol. The topological polar surface area (TPSA) is 65.8 Å². The summed E-state index contributed by atoms with van der Waals surface area (Å²) in [6.45, 7) is 5.42. The van der Waals surface area contributed by atoms with E-state index in [1.807, 2.05) is 9.80 Å². The third-order valence-electron chi connectivity index (χ3n) is 6.56. The first-order valence-corrected chi connectivity index (χ1v) is 10.4. The first-order chi connectivity index (χ1) is 14.7. The van der Waals surface area contributed by atoms with Gasteiger partial charge in [0.15, 0.2) is 0 Å². The summed E-state index contributed by atoms with van der Waals surface area (Å²) in [6, 6.07) is 5.53. The van der Waals surface area contributed by atoms with Crippen LogP contribution in [0.4, 0.5) is 18.9 Å². The molecule has 1 amide bonds. The third kappa shape index (κ3) is 5.13. The van der Waals surface area contributed by atoms with E-state index in [4.69, 9.17) is 14.7 Å². The molecule has 1 atom stereocenters. The predicted molar refractivity (Wildman–Crippen MR) is 108 cm³/mol. The van der Waals surface area contributed by atoms with Crippen LogP contribution in [-0.2, 0) is 20.4 Å². The summed E-state index contributed by atoms with van der Waals surface area (Å²) in [5, 5.41) is 9.07. The van der Waals surface area contributed by atoms with Gasteiger partial charge in [0.05, 0.1) is 37.0 Å². The Morgan fingerprint density at radius 3 is 2.58 bits per heavy atom. The number of piperidine rings is 1. The number of amides is 1. The fourth-order valence-corrected chi connectivity index (χ4v) is 4.72. The number of nitriles is 1. The molecule has 2 heterocycles. The molecule has 2 aliphatic rings. The van der Waals surface area contributed by atoms with E-state index in [1.165, 1.54) is 6.07 Å². The van der Waals surface area contributed by atoms with Crippen LogP contribution in [0.15, 0.2) is 18.2 Å². The summed E-state index contributed by atoms with van der Waals surface area (Å²) in [7, 11) is 1.60. The van der Waals surface area contributed by atoms with E-state index >= 15 is 0 Å². The number of halogens is 3. The summed E-state index contributed by atoms with van der Waals surface area (Å²) < 4.78 is 51.2. The number of rotatable bonds is 6. The van der Waals surface area contributed by atoms with Crippen LogP contribution < -0.4 is 4.90 Å². The molecule has 2 aliphatic heterocycles. The Morgan fingerprint density at radius 1 is 1.29 bits per heavy atom. The molecule has 1 unspecified atom stereocenters. The van der Waals surface area contributed by atoms with Crippen LogP contribution in [0.3, 0.4) is 0 Å². The second-order valence-corrected chi connectivity index (χ2v) is 8.35. The van der Waals surface area contributed by atoms with Crippen LogP contribution in [-0.4, -0.2) is 63.9 Å². The van der Waals surface area contributed by atoms with E-state index in [-0.39, 0.29) is 22.8 Å². The Kier molecular flexibility index (Phi) is 7.12. The number of nitrogens with zero attached hydrogens (tertiary/aromatic N) is 3. The summed E-state index contributed by atoms with van der Waals surface area (Å²) in [6.07, 6.45) is -3.03. The van der Waals surface area contributed by atoms with E-state index in [1.54, 1.807) is 26.2 Å². The molecular weight excluding hydrogens is 411 g/mol. The van der Waals surface area contributed by atoms with Crippen molar-refractivity contribution in [1.82, 2.24) is 4.90 Å². The molecule has 2 saturated heterocycles. The number of likely N-dealkylation sites (tertiary alicyclic amines) is 1. The van der Waals surface area contributed by atoms with E-state index in [0.717, 1.165) is 18.9 Å². The van der Waals surface area contributed by atoms with Crippen molar-refractivity contribution in [3.63, 3.8) is 0 Å². The normalized spacial score (nSPS) is 20.8. The fraction of sp³-hybridized carbons (Fsp3) is 0.636. The van der Waals surface area contributed by atoms with Crippen LogP contribution in [0, 0.1) is 22.7 Å². The number of carbonyl (C=O) groups excluding carboxylic acids is 1. The Hall–Kier alpha value is -2.31. The van der Waals surface area contributed by atoms with Gasteiger partial charge in [0.1, 0.15) is 0 Å². The lowest BCUT2D eigenvalue weighted by atomic mass is 9.71. The number of methoxy groups -OCH3 is 1. The summed E-state index contributed by atoms with van der Waals surface area (Å²) in [4.78, 5) is 15.5. The molecule has 9 heteroatoms. The molecule has 0 bridgehead atoms. The van der Waals surface area contributed by atoms with Crippen LogP contribution >= 0.6 is 0 Å². The maximum atomic E-state index is 13.4. The average Bonchev–Trinajstić information content (AvgIpc) is 3.08. The molecule has 1 spiro atoms. The van der Waals surface area contributed by atoms with Gasteiger partial charge < -0.3 is 19.3 Å². The Balaban J connectivity index is 1.83. The van der Waals surface area contributed by atoms with Crippen LogP contribution in [0.2, 0.25) is 0 Å². The second kappa shape index (κ2) is 9.45. The molecule has 31 heavy (non-hydrogen) atoms. The third-order valence-corrected chi connectivity index (χ3v) is 6.56. The van der Waals surface area contributed by atoms with Gasteiger partial charge in [-0.15, -0.1) is 0 Å². The molecular formula is C22H28F3N3O3. The predicted octanol–water partition coefficient (Wildman–Crippen LogP) is 3.30. The lowest BCUT2D eigenvalue weighted by molar-refractivity contribution is -0.137. The molecule has 3 rings (SSSR count). The van der Waals surface area contributed by atoms with Crippen molar-refractivity contribution in [3.8, 4) is 6.07 Å². The Bertz CT molecular complexity index is 830. The zero-order chi connectivity index (χ0) is 22.6. The van der Waals surface area contributed by atoms with Gasteiger partial charge in [0.25, 0.3) is 0 Å². The Morgan fingerprint density at radius 2 is 2.00 bits per heavy atom. The highest BCUT2D eigenvalue weighted by molar-refractivity contribution is 5.73. The zero-order valence-corrected chi connectivity index (χ0v) is 17.9. The van der Waals surface area contributed by atoms with Gasteiger partial charge in [0.2, 0.25) is 5.91 Å². The molecule has 170 valence electrons. The number of benzene rings is 1. The van der Waals surface area contributed by atoms with Crippen molar-refractivity contribution < 1.29 is 27.4 Å². The van der Waals surface area contributed by atoms with Crippen molar-refractivity contribution in [1.29, 1.82) is 5.26 Å². The number of ether oxygens (including phenoxy) is 2. The molecule has 0 N–H and O–H groups in total.